The summed E-state index contributed by atoms with van der Waals surface area (Å²) in [5, 5.41) is 8.02. The highest BCUT2D eigenvalue weighted by atomic mass is 16.2. The smallest absolute Gasteiger partial charge is 0.339 e. The Morgan fingerprint density at radius 3 is 1.97 bits per heavy atom. The number of hydrogen-bond donors (Lipinski definition) is 0. The van der Waals surface area contributed by atoms with Crippen LogP contribution in [-0.4, -0.2) is 67.2 Å². The number of nitrogens with zero attached hydrogens (tertiary/aromatic N) is 6. The number of carbonyl (C=O) groups excluding carboxylic acids is 1. The molecule has 2 aliphatic rings. The zero-order chi connectivity index (χ0) is 26.6. The summed E-state index contributed by atoms with van der Waals surface area (Å²) in [5.41, 5.74) is 5.77. The molecule has 5 rings (SSSR count). The van der Waals surface area contributed by atoms with Gasteiger partial charge in [-0.15, -0.1) is 0 Å². The third-order valence-electron chi connectivity index (χ3n) is 8.19. The maximum Gasteiger partial charge on any atom is 0.363 e. The molecule has 38 heavy (non-hydrogen) atoms. The molecule has 2 fully saturated rings. The molecule has 2 saturated heterocycles. The van der Waals surface area contributed by atoms with Crippen LogP contribution < -0.4 is 5.69 Å². The number of amides is 1. The van der Waals surface area contributed by atoms with Crippen LogP contribution in [0.5, 0.6) is 0 Å². The maximum atomic E-state index is 12.9. The highest BCUT2D eigenvalue weighted by molar-refractivity contribution is 5.95. The normalized spacial score (nSPS) is 19.1. The van der Waals surface area contributed by atoms with Crippen LogP contribution in [0.15, 0.2) is 65.0 Å². The summed E-state index contributed by atoms with van der Waals surface area (Å²) in [4.78, 5) is 29.7. The summed E-state index contributed by atoms with van der Waals surface area (Å²) in [6.07, 6.45) is 4.36. The molecule has 8 nitrogen and oxygen atoms in total. The van der Waals surface area contributed by atoms with Crippen LogP contribution in [0.4, 0.5) is 0 Å². The molecule has 3 aromatic rings. The molecule has 0 N–H and O–H groups in total. The Bertz CT molecular complexity index is 1320. The Morgan fingerprint density at radius 1 is 0.816 bits per heavy atom. The van der Waals surface area contributed by atoms with Gasteiger partial charge in [0.15, 0.2) is 0 Å². The van der Waals surface area contributed by atoms with E-state index in [0.717, 1.165) is 30.5 Å². The van der Waals surface area contributed by atoms with Crippen LogP contribution in [0.3, 0.4) is 0 Å². The van der Waals surface area contributed by atoms with Crippen LogP contribution in [0.2, 0.25) is 0 Å². The average molecular weight is 515 g/mol. The van der Waals surface area contributed by atoms with E-state index in [-0.39, 0.29) is 11.6 Å². The number of rotatable bonds is 9. The van der Waals surface area contributed by atoms with Gasteiger partial charge in [0, 0.05) is 43.8 Å². The molecular weight excluding hydrogens is 476 g/mol. The van der Waals surface area contributed by atoms with Crippen LogP contribution in [-0.2, 0) is 13.1 Å². The van der Waals surface area contributed by atoms with Gasteiger partial charge >= 0.3 is 5.69 Å². The van der Waals surface area contributed by atoms with Crippen LogP contribution >= 0.6 is 0 Å². The molecule has 1 amide bonds. The quantitative estimate of drug-likeness (QED) is 0.430. The molecule has 2 atom stereocenters. The lowest BCUT2D eigenvalue weighted by Crippen LogP contribution is -2.43. The Balaban J connectivity index is 1.40. The minimum Gasteiger partial charge on any atom is -0.339 e. The van der Waals surface area contributed by atoms with E-state index >= 15 is 0 Å². The van der Waals surface area contributed by atoms with Crippen molar-refractivity contribution in [2.75, 3.05) is 19.6 Å². The Hall–Kier alpha value is -3.52. The predicted octanol–water partition coefficient (Wildman–Crippen LogP) is 4.07. The number of carbonyl (C=O) groups is 1. The molecule has 2 unspecified atom stereocenters. The van der Waals surface area contributed by atoms with Crippen molar-refractivity contribution in [1.82, 2.24) is 29.6 Å². The predicted molar refractivity (Wildman–Crippen MR) is 149 cm³/mol. The first-order valence-electron chi connectivity index (χ1n) is 14.0. The molecule has 200 valence electrons. The summed E-state index contributed by atoms with van der Waals surface area (Å²) < 4.78 is 2.89. The number of hydrogen-bond acceptors (Lipinski definition) is 5. The van der Waals surface area contributed by atoms with Gasteiger partial charge < -0.3 is 4.90 Å². The number of piperidine rings is 1. The lowest BCUT2D eigenvalue weighted by atomic mass is 9.85. The highest BCUT2D eigenvalue weighted by Crippen LogP contribution is 2.42. The standard InChI is InChI=1S/C30H38N6O2/c1-4-33(5-2)29(37)24-14-12-23(13-15-24)28(22-10-8-7-9-11-22)25-20-26-16-17-27(21-25)34(26)18-19-36-30(38)35(6-3)31-32-36/h7-15,26-27H,4-6,16-21H2,1-3H3. The fraction of sp³-hybridized carbons (Fsp3) is 0.467. The van der Waals surface area contributed by atoms with Crippen LogP contribution in [0.1, 0.15) is 67.9 Å². The number of aryl methyl sites for hydroxylation is 1. The topological polar surface area (TPSA) is 76.3 Å². The van der Waals surface area contributed by atoms with Crippen molar-refractivity contribution in [2.24, 2.45) is 0 Å². The van der Waals surface area contributed by atoms with Crippen molar-refractivity contribution >= 4 is 11.5 Å². The van der Waals surface area contributed by atoms with E-state index in [1.165, 1.54) is 38.9 Å². The minimum atomic E-state index is -0.133. The van der Waals surface area contributed by atoms with Gasteiger partial charge in [-0.2, -0.15) is 9.36 Å². The summed E-state index contributed by atoms with van der Waals surface area (Å²) in [6.45, 7) is 9.27. The van der Waals surface area contributed by atoms with Crippen molar-refractivity contribution in [3.63, 3.8) is 0 Å². The summed E-state index contributed by atoms with van der Waals surface area (Å²) >= 11 is 0. The summed E-state index contributed by atoms with van der Waals surface area (Å²) in [6, 6.07) is 19.7. The first kappa shape index (κ1) is 26.1. The second-order valence-electron chi connectivity index (χ2n) is 10.2. The van der Waals surface area contributed by atoms with Gasteiger partial charge in [0.2, 0.25) is 0 Å². The van der Waals surface area contributed by atoms with Crippen molar-refractivity contribution in [2.45, 2.75) is 71.6 Å². The van der Waals surface area contributed by atoms with E-state index in [9.17, 15) is 9.59 Å². The van der Waals surface area contributed by atoms with Gasteiger partial charge in [0.1, 0.15) is 0 Å². The van der Waals surface area contributed by atoms with E-state index in [4.69, 9.17) is 0 Å². The number of fused-ring (bicyclic) bond motifs is 2. The van der Waals surface area contributed by atoms with Gasteiger partial charge in [-0.3, -0.25) is 9.69 Å². The van der Waals surface area contributed by atoms with Gasteiger partial charge in [0.05, 0.1) is 6.54 Å². The zero-order valence-corrected chi connectivity index (χ0v) is 22.7. The van der Waals surface area contributed by atoms with E-state index in [2.05, 4.69) is 57.8 Å². The molecule has 0 saturated carbocycles. The monoisotopic (exact) mass is 514 g/mol. The molecule has 2 bridgehead atoms. The van der Waals surface area contributed by atoms with E-state index in [1.54, 1.807) is 0 Å². The Kier molecular flexibility index (Phi) is 7.88. The second-order valence-corrected chi connectivity index (χ2v) is 10.2. The summed E-state index contributed by atoms with van der Waals surface area (Å²) in [7, 11) is 0. The average Bonchev–Trinajstić information content (AvgIpc) is 3.42. The number of tetrazole rings is 1. The van der Waals surface area contributed by atoms with Gasteiger partial charge in [-0.05, 0) is 85.7 Å². The van der Waals surface area contributed by atoms with E-state index in [0.29, 0.717) is 38.3 Å². The van der Waals surface area contributed by atoms with Crippen molar-refractivity contribution in [1.29, 1.82) is 0 Å². The Morgan fingerprint density at radius 2 is 1.39 bits per heavy atom. The SMILES string of the molecule is CCN(CC)C(=O)c1ccc(C(=C2CC3CCC(C2)N3CCn2nnn(CC)c2=O)c2ccccc2)cc1. The van der Waals surface area contributed by atoms with Crippen molar-refractivity contribution in [3.05, 3.63) is 87.3 Å². The van der Waals surface area contributed by atoms with Crippen LogP contribution in [0.25, 0.3) is 5.57 Å². The maximum absolute atomic E-state index is 12.9. The molecule has 0 radical (unpaired) electrons. The van der Waals surface area contributed by atoms with Gasteiger partial charge in [0.25, 0.3) is 5.91 Å². The number of benzene rings is 2. The molecule has 1 aromatic heterocycles. The Labute approximate surface area is 224 Å². The fourth-order valence-electron chi connectivity index (χ4n) is 6.18. The highest BCUT2D eigenvalue weighted by Gasteiger charge is 2.39. The third-order valence-corrected chi connectivity index (χ3v) is 8.19. The molecule has 3 heterocycles. The minimum absolute atomic E-state index is 0.0832. The van der Waals surface area contributed by atoms with Crippen molar-refractivity contribution < 1.29 is 4.79 Å². The lowest BCUT2D eigenvalue weighted by Gasteiger charge is -2.37. The fourth-order valence-corrected chi connectivity index (χ4v) is 6.18. The van der Waals surface area contributed by atoms with E-state index in [1.807, 2.05) is 37.8 Å². The number of aromatic nitrogens is 4. The molecule has 8 heteroatoms. The largest absolute Gasteiger partial charge is 0.363 e. The molecule has 2 aromatic carbocycles. The molecule has 0 spiro atoms. The molecular formula is C30H38N6O2. The molecule has 2 aliphatic heterocycles. The van der Waals surface area contributed by atoms with Crippen LogP contribution in [0, 0.1) is 0 Å². The van der Waals surface area contributed by atoms with Gasteiger partial charge in [-0.1, -0.05) is 48.0 Å². The zero-order valence-electron chi connectivity index (χ0n) is 22.7. The third kappa shape index (κ3) is 5.10. The molecule has 0 aliphatic carbocycles. The lowest BCUT2D eigenvalue weighted by molar-refractivity contribution is 0.0773. The summed E-state index contributed by atoms with van der Waals surface area (Å²) in [5.74, 6) is 0.0832. The van der Waals surface area contributed by atoms with Crippen molar-refractivity contribution in [3.8, 4) is 0 Å². The first-order chi connectivity index (χ1) is 18.5. The van der Waals surface area contributed by atoms with Gasteiger partial charge in [-0.25, -0.2) is 4.79 Å². The van der Waals surface area contributed by atoms with E-state index < -0.39 is 0 Å². The first-order valence-corrected chi connectivity index (χ1v) is 14.0. The second kappa shape index (κ2) is 11.5.